The van der Waals surface area contributed by atoms with Gasteiger partial charge in [0, 0.05) is 17.2 Å². The van der Waals surface area contributed by atoms with Crippen molar-refractivity contribution in [2.45, 2.75) is 38.0 Å². The molecular weight excluding hydrogens is 268 g/mol. The second-order valence-electron chi connectivity index (χ2n) is 4.76. The van der Waals surface area contributed by atoms with E-state index in [9.17, 15) is 4.79 Å². The van der Waals surface area contributed by atoms with Crippen LogP contribution in [0.3, 0.4) is 0 Å². The van der Waals surface area contributed by atoms with Gasteiger partial charge in [-0.1, -0.05) is 44.0 Å². The molecule has 2 aromatic rings. The van der Waals surface area contributed by atoms with Crippen LogP contribution in [0, 0.1) is 0 Å². The molecule has 0 atom stereocenters. The maximum Gasteiger partial charge on any atom is 0.308 e. The van der Waals surface area contributed by atoms with Crippen molar-refractivity contribution >= 4 is 28.5 Å². The smallest absolute Gasteiger partial charge is 0.308 e. The van der Waals surface area contributed by atoms with Crippen LogP contribution >= 0.6 is 11.8 Å². The van der Waals surface area contributed by atoms with Crippen LogP contribution in [-0.2, 0) is 4.79 Å². The van der Waals surface area contributed by atoms with Crippen LogP contribution in [0.4, 0.5) is 0 Å². The number of rotatable bonds is 6. The molecule has 0 spiro atoms. The van der Waals surface area contributed by atoms with Crippen LogP contribution in [0.1, 0.15) is 33.1 Å². The van der Waals surface area contributed by atoms with Crippen LogP contribution in [0.5, 0.6) is 5.75 Å². The van der Waals surface area contributed by atoms with Gasteiger partial charge in [0.15, 0.2) is 0 Å². The number of thioether (sulfide) groups is 1. The molecule has 0 fully saturated rings. The van der Waals surface area contributed by atoms with E-state index in [1.165, 1.54) is 31.1 Å². The van der Waals surface area contributed by atoms with Crippen LogP contribution in [-0.4, -0.2) is 11.7 Å². The fourth-order valence-corrected chi connectivity index (χ4v) is 3.21. The highest BCUT2D eigenvalue weighted by atomic mass is 32.2. The van der Waals surface area contributed by atoms with E-state index in [1.54, 1.807) is 0 Å². The first-order chi connectivity index (χ1) is 9.72. The van der Waals surface area contributed by atoms with Crippen molar-refractivity contribution < 1.29 is 9.53 Å². The predicted octanol–water partition coefficient (Wildman–Crippen LogP) is 5.05. The Bertz CT molecular complexity index is 593. The summed E-state index contributed by atoms with van der Waals surface area (Å²) in [5.74, 6) is 1.49. The number of hydrogen-bond donors (Lipinski definition) is 0. The Kier molecular flexibility index (Phi) is 5.48. The molecular formula is C17H20O2S. The molecule has 0 unspecified atom stereocenters. The van der Waals surface area contributed by atoms with Crippen molar-refractivity contribution in [3.05, 3.63) is 36.4 Å². The largest absolute Gasteiger partial charge is 0.426 e. The van der Waals surface area contributed by atoms with Gasteiger partial charge in [0.1, 0.15) is 5.75 Å². The van der Waals surface area contributed by atoms with Crippen LogP contribution in [0.15, 0.2) is 41.3 Å². The van der Waals surface area contributed by atoms with Gasteiger partial charge in [0.05, 0.1) is 0 Å². The van der Waals surface area contributed by atoms with E-state index in [4.69, 9.17) is 4.74 Å². The SMILES string of the molecule is CCCCCSc1ccc(OC(C)=O)c2ccccc12. The zero-order valence-electron chi connectivity index (χ0n) is 12.0. The van der Waals surface area contributed by atoms with E-state index in [-0.39, 0.29) is 5.97 Å². The van der Waals surface area contributed by atoms with Crippen molar-refractivity contribution in [1.82, 2.24) is 0 Å². The van der Waals surface area contributed by atoms with Gasteiger partial charge >= 0.3 is 5.97 Å². The predicted molar refractivity (Wildman–Crippen MR) is 85.5 cm³/mol. The van der Waals surface area contributed by atoms with Crippen molar-refractivity contribution in [1.29, 1.82) is 0 Å². The average molecular weight is 288 g/mol. The first-order valence-corrected chi connectivity index (χ1v) is 8.04. The summed E-state index contributed by atoms with van der Waals surface area (Å²) in [7, 11) is 0. The monoisotopic (exact) mass is 288 g/mol. The molecule has 0 aliphatic carbocycles. The molecule has 106 valence electrons. The highest BCUT2D eigenvalue weighted by Crippen LogP contribution is 2.34. The zero-order valence-corrected chi connectivity index (χ0v) is 12.8. The molecule has 0 aliphatic heterocycles. The Hall–Kier alpha value is -1.48. The summed E-state index contributed by atoms with van der Waals surface area (Å²) >= 11 is 1.88. The summed E-state index contributed by atoms with van der Waals surface area (Å²) < 4.78 is 5.28. The second-order valence-corrected chi connectivity index (χ2v) is 5.89. The highest BCUT2D eigenvalue weighted by molar-refractivity contribution is 7.99. The number of unbranched alkanes of at least 4 members (excludes halogenated alkanes) is 2. The Morgan fingerprint density at radius 1 is 1.10 bits per heavy atom. The number of esters is 1. The highest BCUT2D eigenvalue weighted by Gasteiger charge is 2.08. The third kappa shape index (κ3) is 3.76. The molecule has 0 aromatic heterocycles. The number of hydrogen-bond acceptors (Lipinski definition) is 3. The standard InChI is InChI=1S/C17H20O2S/c1-3-4-7-12-20-17-11-10-16(19-13(2)18)14-8-5-6-9-15(14)17/h5-6,8-11H,3-4,7,12H2,1-2H3. The summed E-state index contributed by atoms with van der Waals surface area (Å²) in [5.41, 5.74) is 0. The van der Waals surface area contributed by atoms with Crippen LogP contribution < -0.4 is 4.74 Å². The first kappa shape index (κ1) is 14.9. The lowest BCUT2D eigenvalue weighted by Gasteiger charge is -2.10. The molecule has 20 heavy (non-hydrogen) atoms. The minimum absolute atomic E-state index is 0.279. The van der Waals surface area contributed by atoms with Crippen molar-refractivity contribution in [3.8, 4) is 5.75 Å². The third-order valence-corrected chi connectivity index (χ3v) is 4.26. The number of carbonyl (C=O) groups excluding carboxylic acids is 1. The Morgan fingerprint density at radius 3 is 2.55 bits per heavy atom. The molecule has 0 saturated carbocycles. The molecule has 2 rings (SSSR count). The van der Waals surface area contributed by atoms with Gasteiger partial charge in [-0.15, -0.1) is 11.8 Å². The van der Waals surface area contributed by atoms with E-state index < -0.39 is 0 Å². The van der Waals surface area contributed by atoms with Gasteiger partial charge in [-0.3, -0.25) is 4.79 Å². The summed E-state index contributed by atoms with van der Waals surface area (Å²) in [6.45, 7) is 3.65. The van der Waals surface area contributed by atoms with Crippen molar-refractivity contribution in [2.75, 3.05) is 5.75 Å². The fourth-order valence-electron chi connectivity index (χ4n) is 2.15. The van der Waals surface area contributed by atoms with E-state index in [0.717, 1.165) is 16.5 Å². The fraction of sp³-hybridized carbons (Fsp3) is 0.353. The minimum atomic E-state index is -0.279. The number of benzene rings is 2. The summed E-state index contributed by atoms with van der Waals surface area (Å²) in [4.78, 5) is 12.4. The molecule has 2 aromatic carbocycles. The van der Waals surface area contributed by atoms with Crippen LogP contribution in [0.25, 0.3) is 10.8 Å². The van der Waals surface area contributed by atoms with Gasteiger partial charge in [-0.2, -0.15) is 0 Å². The molecule has 2 nitrogen and oxygen atoms in total. The molecule has 0 N–H and O–H groups in total. The molecule has 0 saturated heterocycles. The third-order valence-electron chi connectivity index (χ3n) is 3.10. The maximum absolute atomic E-state index is 11.2. The lowest BCUT2D eigenvalue weighted by atomic mass is 10.1. The van der Waals surface area contributed by atoms with Crippen LogP contribution in [0.2, 0.25) is 0 Å². The Labute approximate surface area is 124 Å². The van der Waals surface area contributed by atoms with Crippen molar-refractivity contribution in [3.63, 3.8) is 0 Å². The summed E-state index contributed by atoms with van der Waals surface area (Å²) in [5, 5.41) is 2.16. The molecule has 0 radical (unpaired) electrons. The van der Waals surface area contributed by atoms with Gasteiger partial charge in [0.2, 0.25) is 0 Å². The number of ether oxygens (including phenoxy) is 1. The Morgan fingerprint density at radius 2 is 1.85 bits per heavy atom. The van der Waals surface area contributed by atoms with E-state index >= 15 is 0 Å². The quantitative estimate of drug-likeness (QED) is 0.322. The summed E-state index contributed by atoms with van der Waals surface area (Å²) in [6.07, 6.45) is 3.75. The number of fused-ring (bicyclic) bond motifs is 1. The van der Waals surface area contributed by atoms with Gasteiger partial charge in [0.25, 0.3) is 0 Å². The van der Waals surface area contributed by atoms with Gasteiger partial charge in [-0.05, 0) is 29.7 Å². The van der Waals surface area contributed by atoms with Gasteiger partial charge < -0.3 is 4.74 Å². The molecule has 0 heterocycles. The van der Waals surface area contributed by atoms with E-state index in [0.29, 0.717) is 5.75 Å². The molecule has 0 bridgehead atoms. The van der Waals surface area contributed by atoms with Crippen molar-refractivity contribution in [2.24, 2.45) is 0 Å². The normalized spacial score (nSPS) is 10.7. The van der Waals surface area contributed by atoms with Gasteiger partial charge in [-0.25, -0.2) is 0 Å². The Balaban J connectivity index is 2.26. The molecule has 3 heteroatoms. The number of carbonyl (C=O) groups is 1. The maximum atomic E-state index is 11.2. The topological polar surface area (TPSA) is 26.3 Å². The second kappa shape index (κ2) is 7.34. The molecule has 0 amide bonds. The average Bonchev–Trinajstić information content (AvgIpc) is 2.45. The summed E-state index contributed by atoms with van der Waals surface area (Å²) in [6, 6.07) is 12.0. The first-order valence-electron chi connectivity index (χ1n) is 7.05. The lowest BCUT2D eigenvalue weighted by Crippen LogP contribution is -2.01. The minimum Gasteiger partial charge on any atom is -0.426 e. The lowest BCUT2D eigenvalue weighted by molar-refractivity contribution is -0.131. The van der Waals surface area contributed by atoms with E-state index in [2.05, 4.69) is 19.1 Å². The molecule has 0 aliphatic rings. The zero-order chi connectivity index (χ0) is 14.4. The van der Waals surface area contributed by atoms with E-state index in [1.807, 2.05) is 36.0 Å².